The van der Waals surface area contributed by atoms with Crippen molar-refractivity contribution in [2.24, 2.45) is 4.99 Å². The normalized spacial score (nSPS) is 13.8. The number of aliphatic imine (C=N–C) groups is 1. The van der Waals surface area contributed by atoms with Crippen LogP contribution in [0.15, 0.2) is 71.7 Å². The predicted molar refractivity (Wildman–Crippen MR) is 116 cm³/mol. The van der Waals surface area contributed by atoms with Crippen LogP contribution in [0.2, 0.25) is 10.0 Å². The molecule has 0 unspecified atom stereocenters. The lowest BCUT2D eigenvalue weighted by molar-refractivity contribution is -0.117. The molecule has 0 aliphatic carbocycles. The van der Waals surface area contributed by atoms with Crippen LogP contribution in [-0.4, -0.2) is 18.2 Å². The quantitative estimate of drug-likeness (QED) is 0.547. The number of rotatable bonds is 3. The summed E-state index contributed by atoms with van der Waals surface area (Å²) < 4.78 is 0. The van der Waals surface area contributed by atoms with Gasteiger partial charge in [0.25, 0.3) is 0 Å². The SMILES string of the molecule is Cc1ccc(CN2C(=O)CN=C(c3ccccc3Cl)c3cc(Cl)ccc32)cc1. The number of nitrogens with zero attached hydrogens (tertiary/aromatic N) is 2. The van der Waals surface area contributed by atoms with Gasteiger partial charge in [-0.05, 0) is 36.8 Å². The molecule has 28 heavy (non-hydrogen) atoms. The molecule has 1 amide bonds. The molecule has 4 rings (SSSR count). The van der Waals surface area contributed by atoms with E-state index >= 15 is 0 Å². The second-order valence-corrected chi connectivity index (χ2v) is 7.62. The third-order valence-corrected chi connectivity index (χ3v) is 5.33. The van der Waals surface area contributed by atoms with Gasteiger partial charge in [0.2, 0.25) is 5.91 Å². The first-order valence-corrected chi connectivity index (χ1v) is 9.74. The van der Waals surface area contributed by atoms with Crippen molar-refractivity contribution in [3.63, 3.8) is 0 Å². The van der Waals surface area contributed by atoms with Gasteiger partial charge >= 0.3 is 0 Å². The van der Waals surface area contributed by atoms with E-state index in [0.29, 0.717) is 22.3 Å². The summed E-state index contributed by atoms with van der Waals surface area (Å²) in [5, 5.41) is 1.18. The fraction of sp³-hybridized carbons (Fsp3) is 0.130. The van der Waals surface area contributed by atoms with Crippen molar-refractivity contribution in [2.75, 3.05) is 11.4 Å². The van der Waals surface area contributed by atoms with E-state index in [-0.39, 0.29) is 12.5 Å². The zero-order chi connectivity index (χ0) is 19.7. The van der Waals surface area contributed by atoms with Crippen LogP contribution in [0.5, 0.6) is 0 Å². The number of halogens is 2. The average Bonchev–Trinajstić information content (AvgIpc) is 2.81. The summed E-state index contributed by atoms with van der Waals surface area (Å²) >= 11 is 12.7. The van der Waals surface area contributed by atoms with Gasteiger partial charge in [-0.3, -0.25) is 9.79 Å². The van der Waals surface area contributed by atoms with E-state index in [1.165, 1.54) is 5.56 Å². The molecule has 1 aliphatic rings. The second kappa shape index (κ2) is 7.78. The third kappa shape index (κ3) is 3.68. The van der Waals surface area contributed by atoms with Gasteiger partial charge in [0, 0.05) is 21.2 Å². The monoisotopic (exact) mass is 408 g/mol. The van der Waals surface area contributed by atoms with Crippen molar-refractivity contribution in [2.45, 2.75) is 13.5 Å². The van der Waals surface area contributed by atoms with Crippen LogP contribution in [0.1, 0.15) is 22.3 Å². The molecule has 0 fully saturated rings. The van der Waals surface area contributed by atoms with Crippen LogP contribution in [0.4, 0.5) is 5.69 Å². The van der Waals surface area contributed by atoms with Gasteiger partial charge < -0.3 is 4.90 Å². The summed E-state index contributed by atoms with van der Waals surface area (Å²) in [6, 6.07) is 21.2. The van der Waals surface area contributed by atoms with E-state index in [9.17, 15) is 4.79 Å². The molecule has 0 saturated heterocycles. The fourth-order valence-electron chi connectivity index (χ4n) is 3.32. The van der Waals surface area contributed by atoms with Crippen LogP contribution >= 0.6 is 23.2 Å². The predicted octanol–water partition coefficient (Wildman–Crippen LogP) is 5.69. The Morgan fingerprint density at radius 2 is 1.71 bits per heavy atom. The van der Waals surface area contributed by atoms with Crippen LogP contribution in [0, 0.1) is 6.92 Å². The number of fused-ring (bicyclic) bond motifs is 1. The number of carbonyl (C=O) groups is 1. The molecule has 3 aromatic rings. The third-order valence-electron chi connectivity index (χ3n) is 4.77. The number of anilines is 1. The Bertz CT molecular complexity index is 1070. The van der Waals surface area contributed by atoms with Crippen molar-refractivity contribution in [3.05, 3.63) is 99.0 Å². The van der Waals surface area contributed by atoms with E-state index in [4.69, 9.17) is 23.2 Å². The highest BCUT2D eigenvalue weighted by atomic mass is 35.5. The highest BCUT2D eigenvalue weighted by Gasteiger charge is 2.26. The summed E-state index contributed by atoms with van der Waals surface area (Å²) in [6.07, 6.45) is 0. The Hall–Kier alpha value is -2.62. The van der Waals surface area contributed by atoms with Gasteiger partial charge in [-0.1, -0.05) is 71.2 Å². The summed E-state index contributed by atoms with van der Waals surface area (Å²) in [5.41, 5.74) is 5.30. The first-order chi connectivity index (χ1) is 13.5. The largest absolute Gasteiger partial charge is 0.306 e. The highest BCUT2D eigenvalue weighted by molar-refractivity contribution is 6.37. The minimum Gasteiger partial charge on any atom is -0.306 e. The van der Waals surface area contributed by atoms with E-state index in [1.54, 1.807) is 11.0 Å². The van der Waals surface area contributed by atoms with Crippen molar-refractivity contribution in [1.29, 1.82) is 0 Å². The summed E-state index contributed by atoms with van der Waals surface area (Å²) in [5.74, 6) is -0.0637. The maximum Gasteiger partial charge on any atom is 0.248 e. The zero-order valence-corrected chi connectivity index (χ0v) is 16.8. The van der Waals surface area contributed by atoms with Gasteiger partial charge in [-0.2, -0.15) is 0 Å². The van der Waals surface area contributed by atoms with Crippen LogP contribution in [0.25, 0.3) is 0 Å². The molecule has 5 heteroatoms. The molecule has 0 spiro atoms. The maximum absolute atomic E-state index is 12.9. The van der Waals surface area contributed by atoms with Crippen LogP contribution in [0.3, 0.4) is 0 Å². The van der Waals surface area contributed by atoms with Gasteiger partial charge in [0.15, 0.2) is 0 Å². The topological polar surface area (TPSA) is 32.7 Å². The molecule has 3 aromatic carbocycles. The minimum absolute atomic E-state index is 0.0543. The van der Waals surface area contributed by atoms with Gasteiger partial charge in [-0.25, -0.2) is 0 Å². The van der Waals surface area contributed by atoms with E-state index < -0.39 is 0 Å². The second-order valence-electron chi connectivity index (χ2n) is 6.77. The van der Waals surface area contributed by atoms with Gasteiger partial charge in [-0.15, -0.1) is 0 Å². The molecule has 0 N–H and O–H groups in total. The van der Waals surface area contributed by atoms with Crippen LogP contribution < -0.4 is 4.90 Å². The van der Waals surface area contributed by atoms with E-state index in [2.05, 4.69) is 4.99 Å². The molecular formula is C23H18Cl2N2O. The van der Waals surface area contributed by atoms with E-state index in [1.807, 2.05) is 67.6 Å². The lowest BCUT2D eigenvalue weighted by Gasteiger charge is -2.23. The number of hydrogen-bond acceptors (Lipinski definition) is 2. The summed E-state index contributed by atoms with van der Waals surface area (Å²) in [6.45, 7) is 2.57. The van der Waals surface area contributed by atoms with Crippen LogP contribution in [-0.2, 0) is 11.3 Å². The first kappa shape index (κ1) is 18.7. The molecule has 0 radical (unpaired) electrons. The molecule has 0 saturated carbocycles. The average molecular weight is 409 g/mol. The number of amides is 1. The first-order valence-electron chi connectivity index (χ1n) is 8.98. The Morgan fingerprint density at radius 3 is 2.46 bits per heavy atom. The molecule has 3 nitrogen and oxygen atoms in total. The number of hydrogen-bond donors (Lipinski definition) is 0. The zero-order valence-electron chi connectivity index (χ0n) is 15.3. The Balaban J connectivity index is 1.82. The van der Waals surface area contributed by atoms with Gasteiger partial charge in [0.1, 0.15) is 6.54 Å². The van der Waals surface area contributed by atoms with Crippen molar-refractivity contribution < 1.29 is 4.79 Å². The molecule has 140 valence electrons. The molecular weight excluding hydrogens is 391 g/mol. The summed E-state index contributed by atoms with van der Waals surface area (Å²) in [4.78, 5) is 19.3. The standard InChI is InChI=1S/C23H18Cl2N2O/c1-15-6-8-16(9-7-15)14-27-21-11-10-17(24)12-19(21)23(26-13-22(27)28)18-4-2-3-5-20(18)25/h2-12H,13-14H2,1H3. The molecule has 0 bridgehead atoms. The number of benzene rings is 3. The number of aryl methyl sites for hydroxylation is 1. The lowest BCUT2D eigenvalue weighted by atomic mass is 10.00. The summed E-state index contributed by atoms with van der Waals surface area (Å²) in [7, 11) is 0. The molecule has 1 heterocycles. The fourth-order valence-corrected chi connectivity index (χ4v) is 3.72. The lowest BCUT2D eigenvalue weighted by Crippen LogP contribution is -2.31. The maximum atomic E-state index is 12.9. The number of benzodiazepines with no additional fused rings is 1. The Morgan fingerprint density at radius 1 is 0.964 bits per heavy atom. The molecule has 0 atom stereocenters. The molecule has 0 aromatic heterocycles. The highest BCUT2D eigenvalue weighted by Crippen LogP contribution is 2.32. The smallest absolute Gasteiger partial charge is 0.248 e. The Labute approximate surface area is 174 Å². The van der Waals surface area contributed by atoms with E-state index in [0.717, 1.165) is 22.4 Å². The van der Waals surface area contributed by atoms with Crippen molar-refractivity contribution in [3.8, 4) is 0 Å². The van der Waals surface area contributed by atoms with Crippen molar-refractivity contribution in [1.82, 2.24) is 0 Å². The Kier molecular flexibility index (Phi) is 5.21. The number of carbonyl (C=O) groups excluding carboxylic acids is 1. The van der Waals surface area contributed by atoms with Gasteiger partial charge in [0.05, 0.1) is 17.9 Å². The van der Waals surface area contributed by atoms with Crippen molar-refractivity contribution >= 4 is 40.5 Å². The minimum atomic E-state index is -0.0637. The molecule has 1 aliphatic heterocycles.